The van der Waals surface area contributed by atoms with Crippen molar-refractivity contribution in [2.45, 2.75) is 32.1 Å². The second kappa shape index (κ2) is 5.27. The fourth-order valence-electron chi connectivity index (χ4n) is 2.00. The summed E-state index contributed by atoms with van der Waals surface area (Å²) in [5.41, 5.74) is 0.490. The molecule has 0 aliphatic heterocycles. The predicted molar refractivity (Wildman–Crippen MR) is 64.0 cm³/mol. The summed E-state index contributed by atoms with van der Waals surface area (Å²) in [5, 5.41) is 13.5. The van der Waals surface area contributed by atoms with Gasteiger partial charge >= 0.3 is 5.97 Å². The van der Waals surface area contributed by atoms with E-state index >= 15 is 0 Å². The highest BCUT2D eigenvalue weighted by Gasteiger charge is 2.23. The summed E-state index contributed by atoms with van der Waals surface area (Å²) in [6.45, 7) is 0. The highest BCUT2D eigenvalue weighted by molar-refractivity contribution is 7.13. The Bertz CT molecular complexity index is 424. The molecule has 0 unspecified atom stereocenters. The molecule has 17 heavy (non-hydrogen) atoms. The maximum atomic E-state index is 11.8. The third-order valence-electron chi connectivity index (χ3n) is 2.84. The van der Waals surface area contributed by atoms with Crippen molar-refractivity contribution in [1.82, 2.24) is 4.98 Å². The minimum atomic E-state index is -0.913. The second-order valence-corrected chi connectivity index (χ2v) is 5.04. The van der Waals surface area contributed by atoms with Gasteiger partial charge in [-0.05, 0) is 12.8 Å². The number of carbonyl (C=O) groups is 2. The summed E-state index contributed by atoms with van der Waals surface area (Å²) in [7, 11) is 0. The molecule has 0 bridgehead atoms. The maximum absolute atomic E-state index is 11.8. The first-order valence-corrected chi connectivity index (χ1v) is 6.50. The molecule has 1 aromatic heterocycles. The second-order valence-electron chi connectivity index (χ2n) is 4.19. The molecule has 0 radical (unpaired) electrons. The zero-order valence-corrected chi connectivity index (χ0v) is 10.1. The fraction of sp³-hybridized carbons (Fsp3) is 0.545. The molecule has 5 nitrogen and oxygen atoms in total. The average Bonchev–Trinajstić information content (AvgIpc) is 2.87. The summed E-state index contributed by atoms with van der Waals surface area (Å²) in [4.78, 5) is 26.3. The lowest BCUT2D eigenvalue weighted by atomic mass is 10.1. The van der Waals surface area contributed by atoms with Gasteiger partial charge in [0.15, 0.2) is 5.13 Å². The molecule has 1 fully saturated rings. The van der Waals surface area contributed by atoms with Crippen LogP contribution in [0.15, 0.2) is 5.38 Å². The number of rotatable bonds is 4. The maximum Gasteiger partial charge on any atom is 0.309 e. The van der Waals surface area contributed by atoms with Gasteiger partial charge in [0.25, 0.3) is 0 Å². The van der Waals surface area contributed by atoms with Crippen LogP contribution in [0.5, 0.6) is 0 Å². The van der Waals surface area contributed by atoms with Crippen LogP contribution in [0.25, 0.3) is 0 Å². The largest absolute Gasteiger partial charge is 0.481 e. The van der Waals surface area contributed by atoms with E-state index in [-0.39, 0.29) is 18.2 Å². The van der Waals surface area contributed by atoms with Crippen molar-refractivity contribution in [2.75, 3.05) is 5.32 Å². The number of amides is 1. The Morgan fingerprint density at radius 3 is 2.82 bits per heavy atom. The lowest BCUT2D eigenvalue weighted by molar-refractivity contribution is -0.136. The van der Waals surface area contributed by atoms with Crippen LogP contribution >= 0.6 is 11.3 Å². The van der Waals surface area contributed by atoms with Crippen molar-refractivity contribution in [3.05, 3.63) is 11.1 Å². The Morgan fingerprint density at radius 1 is 1.47 bits per heavy atom. The van der Waals surface area contributed by atoms with Crippen LogP contribution in [0.4, 0.5) is 5.13 Å². The van der Waals surface area contributed by atoms with E-state index in [9.17, 15) is 9.59 Å². The summed E-state index contributed by atoms with van der Waals surface area (Å²) >= 11 is 1.27. The van der Waals surface area contributed by atoms with Gasteiger partial charge in [-0.1, -0.05) is 12.8 Å². The lowest BCUT2D eigenvalue weighted by Gasteiger charge is -2.07. The third kappa shape index (κ3) is 3.26. The minimum absolute atomic E-state index is 0.0127. The minimum Gasteiger partial charge on any atom is -0.481 e. The van der Waals surface area contributed by atoms with E-state index in [2.05, 4.69) is 10.3 Å². The molecule has 1 aliphatic rings. The Balaban J connectivity index is 1.91. The van der Waals surface area contributed by atoms with Gasteiger partial charge in [-0.15, -0.1) is 11.3 Å². The molecule has 1 aromatic rings. The first-order valence-electron chi connectivity index (χ1n) is 5.62. The molecule has 92 valence electrons. The Kier molecular flexibility index (Phi) is 3.73. The van der Waals surface area contributed by atoms with Gasteiger partial charge in [-0.3, -0.25) is 9.59 Å². The number of carbonyl (C=O) groups excluding carboxylic acids is 1. The average molecular weight is 254 g/mol. The summed E-state index contributed by atoms with van der Waals surface area (Å²) in [5.74, 6) is -0.801. The standard InChI is InChI=1S/C11H14N2O3S/c14-9(15)5-8-6-17-11(12-8)13-10(16)7-3-1-2-4-7/h6-7H,1-5H2,(H,14,15)(H,12,13,16). The molecular weight excluding hydrogens is 240 g/mol. The lowest BCUT2D eigenvalue weighted by Crippen LogP contribution is -2.20. The van der Waals surface area contributed by atoms with Gasteiger partial charge in [-0.25, -0.2) is 4.98 Å². The summed E-state index contributed by atoms with van der Waals surface area (Å²) in [6, 6.07) is 0. The van der Waals surface area contributed by atoms with Crippen molar-refractivity contribution < 1.29 is 14.7 Å². The molecule has 1 saturated carbocycles. The normalized spacial score (nSPS) is 16.0. The number of carboxylic acids is 1. The summed E-state index contributed by atoms with van der Waals surface area (Å²) in [6.07, 6.45) is 4.01. The van der Waals surface area contributed by atoms with Crippen LogP contribution in [-0.4, -0.2) is 22.0 Å². The van der Waals surface area contributed by atoms with Crippen LogP contribution in [0, 0.1) is 5.92 Å². The third-order valence-corrected chi connectivity index (χ3v) is 3.65. The van der Waals surface area contributed by atoms with Crippen LogP contribution in [0.2, 0.25) is 0 Å². The molecule has 0 aromatic carbocycles. The number of hydrogen-bond donors (Lipinski definition) is 2. The van der Waals surface area contributed by atoms with Crippen molar-refractivity contribution in [3.63, 3.8) is 0 Å². The molecule has 1 amide bonds. The van der Waals surface area contributed by atoms with E-state index in [0.29, 0.717) is 10.8 Å². The van der Waals surface area contributed by atoms with Gasteiger partial charge in [-0.2, -0.15) is 0 Å². The van der Waals surface area contributed by atoms with E-state index in [1.54, 1.807) is 5.38 Å². The SMILES string of the molecule is O=C(O)Cc1csc(NC(=O)C2CCCC2)n1. The first-order chi connectivity index (χ1) is 8.15. The number of nitrogens with one attached hydrogen (secondary N) is 1. The van der Waals surface area contributed by atoms with E-state index < -0.39 is 5.97 Å². The molecule has 0 saturated heterocycles. The van der Waals surface area contributed by atoms with Crippen LogP contribution < -0.4 is 5.32 Å². The Labute approximate surface area is 103 Å². The zero-order chi connectivity index (χ0) is 12.3. The topological polar surface area (TPSA) is 79.3 Å². The highest BCUT2D eigenvalue weighted by Crippen LogP contribution is 2.26. The Hall–Kier alpha value is -1.43. The van der Waals surface area contributed by atoms with Crippen LogP contribution in [0.3, 0.4) is 0 Å². The van der Waals surface area contributed by atoms with Gasteiger partial charge in [0.05, 0.1) is 12.1 Å². The number of aromatic nitrogens is 1. The van der Waals surface area contributed by atoms with E-state index in [1.807, 2.05) is 0 Å². The quantitative estimate of drug-likeness (QED) is 0.860. The van der Waals surface area contributed by atoms with Crippen molar-refractivity contribution in [2.24, 2.45) is 5.92 Å². The van der Waals surface area contributed by atoms with E-state index in [0.717, 1.165) is 25.7 Å². The fourth-order valence-corrected chi connectivity index (χ4v) is 2.71. The molecule has 0 spiro atoms. The molecule has 2 N–H and O–H groups in total. The van der Waals surface area contributed by atoms with Gasteiger partial charge in [0, 0.05) is 11.3 Å². The van der Waals surface area contributed by atoms with E-state index in [1.165, 1.54) is 11.3 Å². The molecule has 0 atom stereocenters. The summed E-state index contributed by atoms with van der Waals surface area (Å²) < 4.78 is 0. The molecular formula is C11H14N2O3S. The van der Waals surface area contributed by atoms with Gasteiger partial charge < -0.3 is 10.4 Å². The number of anilines is 1. The monoisotopic (exact) mass is 254 g/mol. The van der Waals surface area contributed by atoms with Crippen LogP contribution in [0.1, 0.15) is 31.4 Å². The number of thiazole rings is 1. The van der Waals surface area contributed by atoms with Gasteiger partial charge in [0.2, 0.25) is 5.91 Å². The van der Waals surface area contributed by atoms with E-state index in [4.69, 9.17) is 5.11 Å². The molecule has 6 heteroatoms. The Morgan fingerprint density at radius 2 is 2.18 bits per heavy atom. The van der Waals surface area contributed by atoms with Crippen molar-refractivity contribution in [1.29, 1.82) is 0 Å². The molecule has 2 rings (SSSR count). The number of nitrogens with zero attached hydrogens (tertiary/aromatic N) is 1. The highest BCUT2D eigenvalue weighted by atomic mass is 32.1. The van der Waals surface area contributed by atoms with Crippen LogP contribution in [-0.2, 0) is 16.0 Å². The predicted octanol–water partition coefficient (Wildman–Crippen LogP) is 1.90. The first kappa shape index (κ1) is 12.0. The van der Waals surface area contributed by atoms with Gasteiger partial charge in [0.1, 0.15) is 0 Å². The smallest absolute Gasteiger partial charge is 0.309 e. The van der Waals surface area contributed by atoms with Crippen molar-refractivity contribution >= 4 is 28.3 Å². The number of hydrogen-bond acceptors (Lipinski definition) is 4. The number of carboxylic acid groups (broad SMARTS) is 1. The molecule has 1 heterocycles. The van der Waals surface area contributed by atoms with Crippen molar-refractivity contribution in [3.8, 4) is 0 Å². The zero-order valence-electron chi connectivity index (χ0n) is 9.31. The number of aliphatic carboxylic acids is 1. The molecule has 1 aliphatic carbocycles.